The highest BCUT2D eigenvalue weighted by Crippen LogP contribution is 2.18. The predicted octanol–water partition coefficient (Wildman–Crippen LogP) is -0.114. The summed E-state index contributed by atoms with van der Waals surface area (Å²) in [5.41, 5.74) is 6.16. The SMILES string of the molecule is N#Cc1nccnc1N1CC[C@@H](N)C1. The summed E-state index contributed by atoms with van der Waals surface area (Å²) in [6, 6.07) is 2.22. The van der Waals surface area contributed by atoms with Crippen LogP contribution in [0.5, 0.6) is 0 Å². The topological polar surface area (TPSA) is 78.8 Å². The van der Waals surface area contributed by atoms with Gasteiger partial charge in [0.2, 0.25) is 0 Å². The maximum atomic E-state index is 8.83. The molecular formula is C9H11N5. The molecular weight excluding hydrogens is 178 g/mol. The molecule has 1 atom stereocenters. The van der Waals surface area contributed by atoms with Crippen LogP contribution in [0.25, 0.3) is 0 Å². The molecule has 0 saturated carbocycles. The van der Waals surface area contributed by atoms with Gasteiger partial charge in [0.1, 0.15) is 6.07 Å². The average molecular weight is 189 g/mol. The molecule has 14 heavy (non-hydrogen) atoms. The summed E-state index contributed by atoms with van der Waals surface area (Å²) in [5.74, 6) is 0.656. The first kappa shape index (κ1) is 8.91. The van der Waals surface area contributed by atoms with Gasteiger partial charge in [-0.25, -0.2) is 9.97 Å². The zero-order valence-electron chi connectivity index (χ0n) is 7.72. The van der Waals surface area contributed by atoms with Crippen molar-refractivity contribution in [1.29, 1.82) is 5.26 Å². The van der Waals surface area contributed by atoms with E-state index in [1.165, 1.54) is 6.20 Å². The molecule has 2 N–H and O–H groups in total. The summed E-state index contributed by atoms with van der Waals surface area (Å²) in [5, 5.41) is 8.83. The minimum Gasteiger partial charge on any atom is -0.353 e. The molecule has 2 heterocycles. The largest absolute Gasteiger partial charge is 0.353 e. The first-order valence-corrected chi connectivity index (χ1v) is 4.53. The van der Waals surface area contributed by atoms with Gasteiger partial charge < -0.3 is 10.6 Å². The first-order chi connectivity index (χ1) is 6.81. The lowest BCUT2D eigenvalue weighted by Crippen LogP contribution is -2.27. The van der Waals surface area contributed by atoms with Crippen molar-refractivity contribution in [3.8, 4) is 6.07 Å². The van der Waals surface area contributed by atoms with Crippen molar-refractivity contribution in [2.24, 2.45) is 5.73 Å². The van der Waals surface area contributed by atoms with Gasteiger partial charge in [0, 0.05) is 31.5 Å². The number of nitrogens with two attached hydrogens (primary N) is 1. The fourth-order valence-corrected chi connectivity index (χ4v) is 1.62. The number of hydrogen-bond acceptors (Lipinski definition) is 5. The maximum Gasteiger partial charge on any atom is 0.183 e. The molecule has 0 amide bonds. The van der Waals surface area contributed by atoms with Crippen LogP contribution >= 0.6 is 0 Å². The van der Waals surface area contributed by atoms with Gasteiger partial charge in [-0.1, -0.05) is 0 Å². The molecule has 0 bridgehead atoms. The molecule has 5 nitrogen and oxygen atoms in total. The van der Waals surface area contributed by atoms with Crippen LogP contribution in [-0.4, -0.2) is 29.1 Å². The molecule has 1 saturated heterocycles. The van der Waals surface area contributed by atoms with Gasteiger partial charge in [-0.05, 0) is 6.42 Å². The molecule has 1 aromatic heterocycles. The van der Waals surface area contributed by atoms with Crippen LogP contribution < -0.4 is 10.6 Å². The van der Waals surface area contributed by atoms with Gasteiger partial charge in [0.25, 0.3) is 0 Å². The quantitative estimate of drug-likeness (QED) is 0.666. The van der Waals surface area contributed by atoms with Crippen LogP contribution in [0.2, 0.25) is 0 Å². The van der Waals surface area contributed by atoms with Crippen molar-refractivity contribution in [3.05, 3.63) is 18.1 Å². The molecule has 0 aliphatic carbocycles. The van der Waals surface area contributed by atoms with E-state index in [1.54, 1.807) is 6.20 Å². The highest BCUT2D eigenvalue weighted by Gasteiger charge is 2.22. The van der Waals surface area contributed by atoms with Crippen molar-refractivity contribution in [2.75, 3.05) is 18.0 Å². The Labute approximate surface area is 82.2 Å². The van der Waals surface area contributed by atoms with E-state index in [9.17, 15) is 0 Å². The Morgan fingerprint density at radius 2 is 2.29 bits per heavy atom. The van der Waals surface area contributed by atoms with E-state index in [-0.39, 0.29) is 6.04 Å². The maximum absolute atomic E-state index is 8.83. The minimum absolute atomic E-state index is 0.184. The van der Waals surface area contributed by atoms with Crippen LogP contribution in [0.4, 0.5) is 5.82 Å². The summed E-state index contributed by atoms with van der Waals surface area (Å²) in [4.78, 5) is 10.1. The van der Waals surface area contributed by atoms with Gasteiger partial charge in [0.05, 0.1) is 0 Å². The predicted molar refractivity (Wildman–Crippen MR) is 51.6 cm³/mol. The second-order valence-corrected chi connectivity index (χ2v) is 3.34. The van der Waals surface area contributed by atoms with Crippen molar-refractivity contribution in [3.63, 3.8) is 0 Å². The standard InChI is InChI=1S/C9H11N5/c10-5-8-9(13-3-2-12-8)14-4-1-7(11)6-14/h2-3,7H,1,4,6,11H2/t7-/m1/s1. The molecule has 0 unspecified atom stereocenters. The number of nitriles is 1. The van der Waals surface area contributed by atoms with Gasteiger partial charge in [-0.2, -0.15) is 5.26 Å². The van der Waals surface area contributed by atoms with Crippen molar-refractivity contribution in [2.45, 2.75) is 12.5 Å². The molecule has 0 radical (unpaired) electrons. The minimum atomic E-state index is 0.184. The van der Waals surface area contributed by atoms with Crippen LogP contribution in [0.15, 0.2) is 12.4 Å². The van der Waals surface area contributed by atoms with E-state index in [0.29, 0.717) is 11.5 Å². The van der Waals surface area contributed by atoms with E-state index >= 15 is 0 Å². The number of anilines is 1. The number of aromatic nitrogens is 2. The lowest BCUT2D eigenvalue weighted by Gasteiger charge is -2.16. The van der Waals surface area contributed by atoms with Crippen LogP contribution in [0, 0.1) is 11.3 Å². The molecule has 0 spiro atoms. The molecule has 1 aliphatic rings. The lowest BCUT2D eigenvalue weighted by molar-refractivity contribution is 0.751. The molecule has 1 fully saturated rings. The fraction of sp³-hybridized carbons (Fsp3) is 0.444. The van der Waals surface area contributed by atoms with E-state index in [4.69, 9.17) is 11.0 Å². The highest BCUT2D eigenvalue weighted by atomic mass is 15.2. The van der Waals surface area contributed by atoms with Gasteiger partial charge in [-0.15, -0.1) is 0 Å². The third-order valence-corrected chi connectivity index (χ3v) is 2.31. The Morgan fingerprint density at radius 1 is 1.50 bits per heavy atom. The van der Waals surface area contributed by atoms with E-state index in [2.05, 4.69) is 9.97 Å². The molecule has 1 aromatic rings. The first-order valence-electron chi connectivity index (χ1n) is 4.53. The van der Waals surface area contributed by atoms with Gasteiger partial charge in [0.15, 0.2) is 11.5 Å². The summed E-state index contributed by atoms with van der Waals surface area (Å²) in [6.07, 6.45) is 4.07. The van der Waals surface area contributed by atoms with Crippen molar-refractivity contribution in [1.82, 2.24) is 9.97 Å². The van der Waals surface area contributed by atoms with Crippen LogP contribution in [0.1, 0.15) is 12.1 Å². The third-order valence-electron chi connectivity index (χ3n) is 2.31. The molecule has 5 heteroatoms. The van der Waals surface area contributed by atoms with Gasteiger partial charge in [-0.3, -0.25) is 0 Å². The summed E-state index contributed by atoms with van der Waals surface area (Å²) in [6.45, 7) is 1.61. The summed E-state index contributed by atoms with van der Waals surface area (Å²) in [7, 11) is 0. The van der Waals surface area contributed by atoms with Gasteiger partial charge >= 0.3 is 0 Å². The smallest absolute Gasteiger partial charge is 0.183 e. The second kappa shape index (κ2) is 3.60. The number of rotatable bonds is 1. The Hall–Kier alpha value is -1.67. The van der Waals surface area contributed by atoms with Crippen molar-refractivity contribution >= 4 is 5.82 Å². The van der Waals surface area contributed by atoms with Crippen molar-refractivity contribution < 1.29 is 0 Å². The Morgan fingerprint density at radius 3 is 2.93 bits per heavy atom. The van der Waals surface area contributed by atoms with E-state index in [1.807, 2.05) is 11.0 Å². The fourth-order valence-electron chi connectivity index (χ4n) is 1.62. The average Bonchev–Trinajstić information content (AvgIpc) is 2.65. The Bertz CT molecular complexity index is 370. The van der Waals surface area contributed by atoms with Crippen LogP contribution in [0.3, 0.4) is 0 Å². The summed E-state index contributed by atoms with van der Waals surface area (Å²) < 4.78 is 0. The van der Waals surface area contributed by atoms with E-state index < -0.39 is 0 Å². The molecule has 1 aliphatic heterocycles. The number of nitrogens with zero attached hydrogens (tertiary/aromatic N) is 4. The zero-order chi connectivity index (χ0) is 9.97. The second-order valence-electron chi connectivity index (χ2n) is 3.34. The molecule has 72 valence electrons. The summed E-state index contributed by atoms with van der Waals surface area (Å²) >= 11 is 0. The molecule has 2 rings (SSSR count). The normalized spacial score (nSPS) is 20.9. The zero-order valence-corrected chi connectivity index (χ0v) is 7.72. The highest BCUT2D eigenvalue weighted by molar-refractivity contribution is 5.50. The van der Waals surface area contributed by atoms with E-state index in [0.717, 1.165) is 19.5 Å². The monoisotopic (exact) mass is 189 g/mol. The Balaban J connectivity index is 2.28. The Kier molecular flexibility index (Phi) is 2.29. The lowest BCUT2D eigenvalue weighted by atomic mass is 10.3. The number of hydrogen-bond donors (Lipinski definition) is 1. The van der Waals surface area contributed by atoms with Crippen LogP contribution in [-0.2, 0) is 0 Å². The molecule has 0 aromatic carbocycles. The third kappa shape index (κ3) is 1.52.